The van der Waals surface area contributed by atoms with Crippen molar-refractivity contribution in [3.63, 3.8) is 0 Å². The second kappa shape index (κ2) is 4.78. The minimum Gasteiger partial charge on any atom is -0.375 e. The molecule has 2 rings (SSSR count). The van der Waals surface area contributed by atoms with Gasteiger partial charge in [-0.25, -0.2) is 9.97 Å². The van der Waals surface area contributed by atoms with Crippen molar-refractivity contribution in [2.75, 3.05) is 25.1 Å². The SMILES string of the molecule is CCN(CC)c1ncnc2c1CCC2OC. The molecule has 0 amide bonds. The third kappa shape index (κ3) is 1.78. The van der Waals surface area contributed by atoms with Crippen LogP contribution in [0, 0.1) is 0 Å². The minimum atomic E-state index is 0.160. The predicted molar refractivity (Wildman–Crippen MR) is 63.7 cm³/mol. The van der Waals surface area contributed by atoms with Crippen LogP contribution in [0.5, 0.6) is 0 Å². The Balaban J connectivity index is 2.38. The summed E-state index contributed by atoms with van der Waals surface area (Å²) in [5.41, 5.74) is 2.36. The molecule has 0 saturated heterocycles. The van der Waals surface area contributed by atoms with Crippen LogP contribution in [0.15, 0.2) is 6.33 Å². The smallest absolute Gasteiger partial charge is 0.135 e. The van der Waals surface area contributed by atoms with Crippen molar-refractivity contribution in [1.82, 2.24) is 9.97 Å². The number of rotatable bonds is 4. The molecule has 1 atom stereocenters. The van der Waals surface area contributed by atoms with E-state index in [0.717, 1.165) is 37.4 Å². The average Bonchev–Trinajstić information content (AvgIpc) is 2.74. The molecule has 1 aliphatic rings. The first-order valence-corrected chi connectivity index (χ1v) is 5.93. The average molecular weight is 221 g/mol. The van der Waals surface area contributed by atoms with Crippen LogP contribution in [-0.4, -0.2) is 30.2 Å². The first-order chi connectivity index (χ1) is 7.81. The summed E-state index contributed by atoms with van der Waals surface area (Å²) in [6.07, 6.45) is 3.87. The van der Waals surface area contributed by atoms with Crippen molar-refractivity contribution >= 4 is 5.82 Å². The van der Waals surface area contributed by atoms with Gasteiger partial charge in [0.15, 0.2) is 0 Å². The zero-order chi connectivity index (χ0) is 11.5. The van der Waals surface area contributed by atoms with Gasteiger partial charge in [-0.05, 0) is 26.7 Å². The number of ether oxygens (including phenoxy) is 1. The van der Waals surface area contributed by atoms with Crippen molar-refractivity contribution in [1.29, 1.82) is 0 Å². The number of methoxy groups -OCH3 is 1. The van der Waals surface area contributed by atoms with Crippen molar-refractivity contribution in [3.05, 3.63) is 17.6 Å². The van der Waals surface area contributed by atoms with Gasteiger partial charge < -0.3 is 9.64 Å². The van der Waals surface area contributed by atoms with Crippen LogP contribution in [0.25, 0.3) is 0 Å². The molecule has 0 N–H and O–H groups in total. The number of anilines is 1. The summed E-state index contributed by atoms with van der Waals surface area (Å²) in [6.45, 7) is 6.27. The molecule has 1 aromatic rings. The Bertz CT molecular complexity index is 363. The quantitative estimate of drug-likeness (QED) is 0.779. The molecule has 0 bridgehead atoms. The third-order valence-corrected chi connectivity index (χ3v) is 3.26. The molecule has 88 valence electrons. The van der Waals surface area contributed by atoms with E-state index in [1.807, 2.05) is 0 Å². The lowest BCUT2D eigenvalue weighted by Gasteiger charge is -2.22. The molecule has 0 radical (unpaired) electrons. The molecule has 0 fully saturated rings. The molecule has 1 aromatic heterocycles. The van der Waals surface area contributed by atoms with Gasteiger partial charge in [-0.2, -0.15) is 0 Å². The number of hydrogen-bond acceptors (Lipinski definition) is 4. The zero-order valence-electron chi connectivity index (χ0n) is 10.2. The second-order valence-corrected chi connectivity index (χ2v) is 4.00. The van der Waals surface area contributed by atoms with Gasteiger partial charge >= 0.3 is 0 Å². The van der Waals surface area contributed by atoms with Crippen LogP contribution in [0.3, 0.4) is 0 Å². The summed E-state index contributed by atoms with van der Waals surface area (Å²) >= 11 is 0. The molecule has 1 unspecified atom stereocenters. The monoisotopic (exact) mass is 221 g/mol. The Kier molecular flexibility index (Phi) is 3.39. The summed E-state index contributed by atoms with van der Waals surface area (Å²) in [6, 6.07) is 0. The summed E-state index contributed by atoms with van der Waals surface area (Å²) in [4.78, 5) is 11.1. The fraction of sp³-hybridized carbons (Fsp3) is 0.667. The molecule has 0 spiro atoms. The Hall–Kier alpha value is -1.16. The third-order valence-electron chi connectivity index (χ3n) is 3.26. The Labute approximate surface area is 96.7 Å². The van der Waals surface area contributed by atoms with E-state index in [1.165, 1.54) is 5.56 Å². The molecule has 0 aliphatic heterocycles. The Morgan fingerprint density at radius 2 is 2.12 bits per heavy atom. The van der Waals surface area contributed by atoms with E-state index in [9.17, 15) is 0 Å². The van der Waals surface area contributed by atoms with Crippen LogP contribution in [0.4, 0.5) is 5.82 Å². The maximum atomic E-state index is 5.43. The molecule has 1 aliphatic carbocycles. The first kappa shape index (κ1) is 11.3. The van der Waals surface area contributed by atoms with Gasteiger partial charge in [-0.15, -0.1) is 0 Å². The van der Waals surface area contributed by atoms with E-state index in [1.54, 1.807) is 13.4 Å². The summed E-state index contributed by atoms with van der Waals surface area (Å²) < 4.78 is 5.43. The first-order valence-electron chi connectivity index (χ1n) is 5.93. The topological polar surface area (TPSA) is 38.2 Å². The zero-order valence-corrected chi connectivity index (χ0v) is 10.2. The van der Waals surface area contributed by atoms with Crippen LogP contribution >= 0.6 is 0 Å². The lowest BCUT2D eigenvalue weighted by atomic mass is 10.2. The molecule has 4 heteroatoms. The van der Waals surface area contributed by atoms with Gasteiger partial charge in [0.2, 0.25) is 0 Å². The van der Waals surface area contributed by atoms with Crippen LogP contribution in [-0.2, 0) is 11.2 Å². The fourth-order valence-corrected chi connectivity index (χ4v) is 2.37. The van der Waals surface area contributed by atoms with E-state index in [4.69, 9.17) is 4.74 Å². The molecule has 0 saturated carbocycles. The fourth-order valence-electron chi connectivity index (χ4n) is 2.37. The molecule has 0 aromatic carbocycles. The summed E-state index contributed by atoms with van der Waals surface area (Å²) in [5.74, 6) is 1.09. The molecular weight excluding hydrogens is 202 g/mol. The maximum absolute atomic E-state index is 5.43. The van der Waals surface area contributed by atoms with Crippen molar-refractivity contribution in [2.45, 2.75) is 32.8 Å². The molecular formula is C12H19N3O. The number of hydrogen-bond donors (Lipinski definition) is 0. The molecule has 4 nitrogen and oxygen atoms in total. The number of fused-ring (bicyclic) bond motifs is 1. The Morgan fingerprint density at radius 3 is 2.75 bits per heavy atom. The van der Waals surface area contributed by atoms with E-state index in [0.29, 0.717) is 0 Å². The maximum Gasteiger partial charge on any atom is 0.135 e. The van der Waals surface area contributed by atoms with Gasteiger partial charge in [0.1, 0.15) is 12.1 Å². The molecule has 1 heterocycles. The van der Waals surface area contributed by atoms with E-state index < -0.39 is 0 Å². The van der Waals surface area contributed by atoms with Gasteiger partial charge in [0.05, 0.1) is 11.8 Å². The Morgan fingerprint density at radius 1 is 1.38 bits per heavy atom. The normalized spacial score (nSPS) is 18.6. The minimum absolute atomic E-state index is 0.160. The standard InChI is InChI=1S/C12H19N3O/c1-4-15(5-2)12-9-6-7-10(16-3)11(9)13-8-14-12/h8,10H,4-7H2,1-3H3. The summed E-state index contributed by atoms with van der Waals surface area (Å²) in [5, 5.41) is 0. The van der Waals surface area contributed by atoms with Crippen molar-refractivity contribution in [2.24, 2.45) is 0 Å². The van der Waals surface area contributed by atoms with Crippen LogP contribution < -0.4 is 4.90 Å². The van der Waals surface area contributed by atoms with Crippen molar-refractivity contribution < 1.29 is 4.74 Å². The predicted octanol–water partition coefficient (Wildman–Crippen LogP) is 1.96. The van der Waals surface area contributed by atoms with E-state index in [-0.39, 0.29) is 6.10 Å². The highest BCUT2D eigenvalue weighted by atomic mass is 16.5. The van der Waals surface area contributed by atoms with Gasteiger partial charge in [0, 0.05) is 25.8 Å². The van der Waals surface area contributed by atoms with Gasteiger partial charge in [-0.1, -0.05) is 0 Å². The second-order valence-electron chi connectivity index (χ2n) is 4.00. The van der Waals surface area contributed by atoms with Crippen LogP contribution in [0.2, 0.25) is 0 Å². The molecule has 16 heavy (non-hydrogen) atoms. The number of aromatic nitrogens is 2. The van der Waals surface area contributed by atoms with Crippen molar-refractivity contribution in [3.8, 4) is 0 Å². The lowest BCUT2D eigenvalue weighted by Crippen LogP contribution is -2.24. The van der Waals surface area contributed by atoms with E-state index in [2.05, 4.69) is 28.7 Å². The van der Waals surface area contributed by atoms with Crippen LogP contribution in [0.1, 0.15) is 37.6 Å². The lowest BCUT2D eigenvalue weighted by molar-refractivity contribution is 0.102. The largest absolute Gasteiger partial charge is 0.375 e. The van der Waals surface area contributed by atoms with Gasteiger partial charge in [-0.3, -0.25) is 0 Å². The highest BCUT2D eigenvalue weighted by molar-refractivity contribution is 5.51. The van der Waals surface area contributed by atoms with Gasteiger partial charge in [0.25, 0.3) is 0 Å². The highest BCUT2D eigenvalue weighted by Gasteiger charge is 2.27. The van der Waals surface area contributed by atoms with E-state index >= 15 is 0 Å². The highest BCUT2D eigenvalue weighted by Crippen LogP contribution is 2.35. The number of nitrogens with zero attached hydrogens (tertiary/aromatic N) is 3. The summed E-state index contributed by atoms with van der Waals surface area (Å²) in [7, 11) is 1.75.